The zero-order valence-corrected chi connectivity index (χ0v) is 10.8. The van der Waals surface area contributed by atoms with Crippen LogP contribution in [0.5, 0.6) is 0 Å². The minimum atomic E-state index is 0.517. The van der Waals surface area contributed by atoms with Crippen LogP contribution in [0.3, 0.4) is 0 Å². The van der Waals surface area contributed by atoms with Gasteiger partial charge in [-0.1, -0.05) is 26.2 Å². The van der Waals surface area contributed by atoms with Crippen LogP contribution in [-0.4, -0.2) is 39.5 Å². The van der Waals surface area contributed by atoms with Crippen molar-refractivity contribution in [2.45, 2.75) is 45.1 Å². The van der Waals surface area contributed by atoms with Crippen LogP contribution in [0, 0.1) is 5.92 Å². The summed E-state index contributed by atoms with van der Waals surface area (Å²) in [5.74, 6) is 0.799. The predicted octanol–water partition coefficient (Wildman–Crippen LogP) is 2.21. The van der Waals surface area contributed by atoms with Crippen molar-refractivity contribution >= 4 is 0 Å². The van der Waals surface area contributed by atoms with Gasteiger partial charge in [0.2, 0.25) is 0 Å². The Labute approximate surface area is 99.9 Å². The monoisotopic (exact) mass is 229 g/mol. The van der Waals surface area contributed by atoms with Gasteiger partial charge in [-0.25, -0.2) is 0 Å². The molecule has 0 heterocycles. The summed E-state index contributed by atoms with van der Waals surface area (Å²) in [5, 5.41) is 3.31. The Hall–Kier alpha value is -0.120. The molecule has 1 rings (SSSR count). The summed E-state index contributed by atoms with van der Waals surface area (Å²) in [6.45, 7) is 5.76. The summed E-state index contributed by atoms with van der Waals surface area (Å²) in [4.78, 5) is 0. The second-order valence-corrected chi connectivity index (χ2v) is 4.60. The highest BCUT2D eigenvalue weighted by Crippen LogP contribution is 2.28. The molecule has 2 unspecified atom stereocenters. The van der Waals surface area contributed by atoms with Crippen LogP contribution >= 0.6 is 0 Å². The van der Waals surface area contributed by atoms with Gasteiger partial charge in [0.1, 0.15) is 0 Å². The topological polar surface area (TPSA) is 30.5 Å². The maximum Gasteiger partial charge on any atom is 0.0603 e. The molecule has 3 heteroatoms. The zero-order chi connectivity index (χ0) is 11.6. The van der Waals surface area contributed by atoms with E-state index in [0.717, 1.165) is 32.2 Å². The summed E-state index contributed by atoms with van der Waals surface area (Å²) < 4.78 is 10.9. The lowest BCUT2D eigenvalue weighted by atomic mass is 9.85. The molecule has 16 heavy (non-hydrogen) atoms. The van der Waals surface area contributed by atoms with E-state index in [9.17, 15) is 0 Å². The number of hydrogen-bond acceptors (Lipinski definition) is 3. The van der Waals surface area contributed by atoms with E-state index in [4.69, 9.17) is 9.47 Å². The summed E-state index contributed by atoms with van der Waals surface area (Å²) in [5.41, 5.74) is 0. The summed E-state index contributed by atoms with van der Waals surface area (Å²) in [6, 6.07) is 0. The lowest BCUT2D eigenvalue weighted by molar-refractivity contribution is -0.0105. The van der Waals surface area contributed by atoms with Crippen molar-refractivity contribution in [2.24, 2.45) is 5.92 Å². The lowest BCUT2D eigenvalue weighted by Crippen LogP contribution is -2.31. The average molecular weight is 229 g/mol. The Morgan fingerprint density at radius 1 is 1.12 bits per heavy atom. The van der Waals surface area contributed by atoms with E-state index in [1.165, 1.54) is 32.1 Å². The number of nitrogens with one attached hydrogen (secondary N) is 1. The largest absolute Gasteiger partial charge is 0.383 e. The van der Waals surface area contributed by atoms with E-state index in [-0.39, 0.29) is 0 Å². The standard InChI is InChI=1S/C13H27NO2/c1-3-12-6-4-5-7-13(12)16-11-9-14-8-10-15-2/h12-14H,3-11H2,1-2H3. The summed E-state index contributed by atoms with van der Waals surface area (Å²) in [7, 11) is 1.73. The Morgan fingerprint density at radius 3 is 2.62 bits per heavy atom. The first-order valence-electron chi connectivity index (χ1n) is 6.69. The molecular formula is C13H27NO2. The molecule has 0 aromatic heterocycles. The van der Waals surface area contributed by atoms with E-state index < -0.39 is 0 Å². The highest BCUT2D eigenvalue weighted by Gasteiger charge is 2.23. The van der Waals surface area contributed by atoms with Gasteiger partial charge in [0, 0.05) is 20.2 Å². The van der Waals surface area contributed by atoms with Gasteiger partial charge in [-0.05, 0) is 18.8 Å². The fourth-order valence-electron chi connectivity index (χ4n) is 2.44. The number of hydrogen-bond donors (Lipinski definition) is 1. The first-order valence-corrected chi connectivity index (χ1v) is 6.69. The van der Waals surface area contributed by atoms with E-state index in [1.54, 1.807) is 7.11 Å². The van der Waals surface area contributed by atoms with Crippen LogP contribution in [-0.2, 0) is 9.47 Å². The second kappa shape index (κ2) is 8.97. The fourth-order valence-corrected chi connectivity index (χ4v) is 2.44. The molecular weight excluding hydrogens is 202 g/mol. The Balaban J connectivity index is 2.02. The molecule has 1 aliphatic rings. The Kier molecular flexibility index (Phi) is 7.81. The van der Waals surface area contributed by atoms with Gasteiger partial charge in [0.25, 0.3) is 0 Å². The van der Waals surface area contributed by atoms with Crippen LogP contribution in [0.2, 0.25) is 0 Å². The van der Waals surface area contributed by atoms with E-state index >= 15 is 0 Å². The van der Waals surface area contributed by atoms with Gasteiger partial charge in [-0.15, -0.1) is 0 Å². The highest BCUT2D eigenvalue weighted by atomic mass is 16.5. The van der Waals surface area contributed by atoms with Crippen molar-refractivity contribution in [3.05, 3.63) is 0 Å². The van der Waals surface area contributed by atoms with Crippen molar-refractivity contribution < 1.29 is 9.47 Å². The molecule has 0 radical (unpaired) electrons. The Morgan fingerprint density at radius 2 is 1.88 bits per heavy atom. The van der Waals surface area contributed by atoms with Crippen LogP contribution in [0.1, 0.15) is 39.0 Å². The third-order valence-corrected chi connectivity index (χ3v) is 3.46. The van der Waals surface area contributed by atoms with Gasteiger partial charge < -0.3 is 14.8 Å². The maximum absolute atomic E-state index is 5.96. The van der Waals surface area contributed by atoms with Crippen LogP contribution in [0.4, 0.5) is 0 Å². The summed E-state index contributed by atoms with van der Waals surface area (Å²) in [6.07, 6.45) is 7.14. The number of ether oxygens (including phenoxy) is 2. The first-order chi connectivity index (χ1) is 7.88. The molecule has 1 aliphatic carbocycles. The molecule has 0 aliphatic heterocycles. The molecule has 0 bridgehead atoms. The third-order valence-electron chi connectivity index (χ3n) is 3.46. The van der Waals surface area contributed by atoms with Crippen LogP contribution < -0.4 is 5.32 Å². The van der Waals surface area contributed by atoms with Crippen molar-refractivity contribution in [2.75, 3.05) is 33.4 Å². The SMILES string of the molecule is CCC1CCCCC1OCCNCCOC. The van der Waals surface area contributed by atoms with E-state index in [0.29, 0.717) is 6.10 Å². The smallest absolute Gasteiger partial charge is 0.0603 e. The second-order valence-electron chi connectivity index (χ2n) is 4.60. The van der Waals surface area contributed by atoms with Crippen LogP contribution in [0.15, 0.2) is 0 Å². The van der Waals surface area contributed by atoms with Crippen LogP contribution in [0.25, 0.3) is 0 Å². The number of rotatable bonds is 8. The zero-order valence-electron chi connectivity index (χ0n) is 10.8. The van der Waals surface area contributed by atoms with Gasteiger partial charge >= 0.3 is 0 Å². The van der Waals surface area contributed by atoms with Crippen molar-refractivity contribution in [3.8, 4) is 0 Å². The van der Waals surface area contributed by atoms with Crippen molar-refractivity contribution in [1.82, 2.24) is 5.32 Å². The lowest BCUT2D eigenvalue weighted by Gasteiger charge is -2.30. The Bertz CT molecular complexity index is 164. The molecule has 0 spiro atoms. The molecule has 3 nitrogen and oxygen atoms in total. The predicted molar refractivity (Wildman–Crippen MR) is 66.7 cm³/mol. The maximum atomic E-state index is 5.96. The quantitative estimate of drug-likeness (QED) is 0.647. The minimum Gasteiger partial charge on any atom is -0.383 e. The molecule has 0 aromatic rings. The van der Waals surface area contributed by atoms with Gasteiger partial charge in [0.05, 0.1) is 19.3 Å². The molecule has 1 fully saturated rings. The highest BCUT2D eigenvalue weighted by molar-refractivity contribution is 4.74. The van der Waals surface area contributed by atoms with Gasteiger partial charge in [0.15, 0.2) is 0 Å². The molecule has 2 atom stereocenters. The van der Waals surface area contributed by atoms with Crippen molar-refractivity contribution in [1.29, 1.82) is 0 Å². The van der Waals surface area contributed by atoms with Crippen molar-refractivity contribution in [3.63, 3.8) is 0 Å². The number of methoxy groups -OCH3 is 1. The van der Waals surface area contributed by atoms with Gasteiger partial charge in [-0.2, -0.15) is 0 Å². The molecule has 0 aromatic carbocycles. The third kappa shape index (κ3) is 5.28. The average Bonchev–Trinajstić information content (AvgIpc) is 2.34. The van der Waals surface area contributed by atoms with E-state index in [2.05, 4.69) is 12.2 Å². The summed E-state index contributed by atoms with van der Waals surface area (Å²) >= 11 is 0. The normalized spacial score (nSPS) is 25.9. The fraction of sp³-hybridized carbons (Fsp3) is 1.00. The molecule has 1 saturated carbocycles. The van der Waals surface area contributed by atoms with E-state index in [1.807, 2.05) is 0 Å². The molecule has 96 valence electrons. The molecule has 1 N–H and O–H groups in total. The molecule has 0 amide bonds. The van der Waals surface area contributed by atoms with Gasteiger partial charge in [-0.3, -0.25) is 0 Å². The first kappa shape index (κ1) is 13.9. The minimum absolute atomic E-state index is 0.517. The molecule has 0 saturated heterocycles.